The van der Waals surface area contributed by atoms with Crippen LogP contribution >= 0.6 is 0 Å². The molecule has 2 aromatic heterocycles. The van der Waals surface area contributed by atoms with Gasteiger partial charge < -0.3 is 30.0 Å². The molecule has 0 radical (unpaired) electrons. The van der Waals surface area contributed by atoms with E-state index in [9.17, 15) is 4.79 Å². The van der Waals surface area contributed by atoms with Crippen LogP contribution in [0.3, 0.4) is 0 Å². The molecule has 184 valence electrons. The van der Waals surface area contributed by atoms with E-state index in [1.54, 1.807) is 0 Å². The molecule has 3 N–H and O–H groups in total. The first-order valence-corrected chi connectivity index (χ1v) is 12.3. The molecule has 0 bridgehead atoms. The number of piperidine rings is 1. The van der Waals surface area contributed by atoms with E-state index in [0.717, 1.165) is 53.8 Å². The number of urea groups is 1. The Kier molecular flexibility index (Phi) is 7.41. The maximum atomic E-state index is 12.3. The molecule has 0 unspecified atom stereocenters. The van der Waals surface area contributed by atoms with Gasteiger partial charge in [-0.2, -0.15) is 0 Å². The van der Waals surface area contributed by atoms with E-state index in [4.69, 9.17) is 20.2 Å². The van der Waals surface area contributed by atoms with Crippen LogP contribution in [0, 0.1) is 0 Å². The number of fused-ring (bicyclic) bond motifs is 3. The molecule has 0 aliphatic carbocycles. The second-order valence-electron chi connectivity index (χ2n) is 9.10. The lowest BCUT2D eigenvalue weighted by Gasteiger charge is -2.32. The Balaban J connectivity index is 1.59. The zero-order chi connectivity index (χ0) is 24.2. The van der Waals surface area contributed by atoms with Crippen molar-refractivity contribution in [2.24, 2.45) is 0 Å². The number of nitrogens with one attached hydrogen (secondary N) is 1. The maximum absolute atomic E-state index is 12.3. The predicted molar refractivity (Wildman–Crippen MR) is 134 cm³/mol. The fourth-order valence-electron chi connectivity index (χ4n) is 4.48. The highest BCUT2D eigenvalue weighted by molar-refractivity contribution is 6.07. The fourth-order valence-corrected chi connectivity index (χ4v) is 4.48. The van der Waals surface area contributed by atoms with Crippen LogP contribution in [0.1, 0.15) is 52.8 Å². The summed E-state index contributed by atoms with van der Waals surface area (Å²) < 4.78 is 14.2. The summed E-state index contributed by atoms with van der Waals surface area (Å²) in [5.74, 6) is 2.08. The standard InChI is InChI=1S/C25H36N6O3/c1-5-11-31-21(15-33-6-2)29-22-23(31)19-14-18(7-8-20(19)28-24(22)26)34-17-9-12-30(13-10-17)25(32)27-16(3)4/h7-8,14,16-17H,5-6,9-13,15H2,1-4H3,(H2,26,28)(H,27,32). The molecular weight excluding hydrogens is 432 g/mol. The Morgan fingerprint density at radius 3 is 2.68 bits per heavy atom. The summed E-state index contributed by atoms with van der Waals surface area (Å²) in [4.78, 5) is 23.5. The van der Waals surface area contributed by atoms with Crippen LogP contribution in [-0.4, -0.2) is 57.3 Å². The van der Waals surface area contributed by atoms with Gasteiger partial charge in [0.1, 0.15) is 29.8 Å². The lowest BCUT2D eigenvalue weighted by molar-refractivity contribution is 0.110. The third-order valence-corrected chi connectivity index (χ3v) is 6.08. The minimum atomic E-state index is -0.00254. The van der Waals surface area contributed by atoms with Gasteiger partial charge in [-0.05, 0) is 45.4 Å². The summed E-state index contributed by atoms with van der Waals surface area (Å²) in [7, 11) is 0. The Morgan fingerprint density at radius 2 is 2.00 bits per heavy atom. The molecule has 0 saturated carbocycles. The third kappa shape index (κ3) is 5.04. The molecule has 1 aliphatic rings. The van der Waals surface area contributed by atoms with Crippen LogP contribution in [0.4, 0.5) is 10.6 Å². The second-order valence-corrected chi connectivity index (χ2v) is 9.10. The van der Waals surface area contributed by atoms with Crippen molar-refractivity contribution < 1.29 is 14.3 Å². The molecule has 9 heteroatoms. The summed E-state index contributed by atoms with van der Waals surface area (Å²) in [6.07, 6.45) is 2.62. The first-order valence-electron chi connectivity index (χ1n) is 12.3. The molecule has 1 aromatic carbocycles. The van der Waals surface area contributed by atoms with E-state index >= 15 is 0 Å². The maximum Gasteiger partial charge on any atom is 0.317 e. The number of aromatic nitrogens is 3. The van der Waals surface area contributed by atoms with Gasteiger partial charge in [0.2, 0.25) is 0 Å². The highest BCUT2D eigenvalue weighted by atomic mass is 16.5. The van der Waals surface area contributed by atoms with E-state index in [1.807, 2.05) is 43.9 Å². The molecule has 34 heavy (non-hydrogen) atoms. The monoisotopic (exact) mass is 468 g/mol. The third-order valence-electron chi connectivity index (χ3n) is 6.08. The molecule has 4 rings (SSSR count). The Bertz CT molecular complexity index is 1150. The smallest absolute Gasteiger partial charge is 0.317 e. The van der Waals surface area contributed by atoms with E-state index in [-0.39, 0.29) is 18.2 Å². The van der Waals surface area contributed by atoms with Crippen molar-refractivity contribution in [2.45, 2.75) is 72.3 Å². The van der Waals surface area contributed by atoms with Crippen molar-refractivity contribution in [2.75, 3.05) is 25.4 Å². The van der Waals surface area contributed by atoms with Gasteiger partial charge in [0.15, 0.2) is 5.82 Å². The molecule has 2 amide bonds. The molecule has 3 heterocycles. The molecule has 9 nitrogen and oxygen atoms in total. The fraction of sp³-hybridized carbons (Fsp3) is 0.560. The Morgan fingerprint density at radius 1 is 1.24 bits per heavy atom. The number of benzene rings is 1. The number of pyridine rings is 1. The summed E-state index contributed by atoms with van der Waals surface area (Å²) in [5, 5.41) is 3.93. The van der Waals surface area contributed by atoms with Gasteiger partial charge in [-0.3, -0.25) is 0 Å². The van der Waals surface area contributed by atoms with Crippen molar-refractivity contribution in [3.8, 4) is 5.75 Å². The number of hydrogen-bond acceptors (Lipinski definition) is 6. The zero-order valence-electron chi connectivity index (χ0n) is 20.6. The largest absolute Gasteiger partial charge is 0.490 e. The molecule has 1 fully saturated rings. The van der Waals surface area contributed by atoms with Gasteiger partial charge in [-0.25, -0.2) is 14.8 Å². The van der Waals surface area contributed by atoms with Crippen molar-refractivity contribution in [3.63, 3.8) is 0 Å². The highest BCUT2D eigenvalue weighted by Gasteiger charge is 2.25. The number of carbonyl (C=O) groups excluding carboxylic acids is 1. The first kappa shape index (κ1) is 24.1. The zero-order valence-corrected chi connectivity index (χ0v) is 20.6. The van der Waals surface area contributed by atoms with E-state index in [1.165, 1.54) is 0 Å². The number of nitrogen functional groups attached to an aromatic ring is 1. The number of amides is 2. The number of anilines is 1. The number of likely N-dealkylation sites (tertiary alicyclic amines) is 1. The van der Waals surface area contributed by atoms with Gasteiger partial charge in [-0.1, -0.05) is 6.92 Å². The van der Waals surface area contributed by atoms with Crippen molar-refractivity contribution in [3.05, 3.63) is 24.0 Å². The summed E-state index contributed by atoms with van der Waals surface area (Å²) in [6, 6.07) is 6.07. The molecule has 1 aliphatic heterocycles. The molecule has 0 atom stereocenters. The van der Waals surface area contributed by atoms with Gasteiger partial charge in [0, 0.05) is 50.5 Å². The molecular formula is C25H36N6O3. The average molecular weight is 469 g/mol. The molecule has 1 saturated heterocycles. The molecule has 3 aromatic rings. The van der Waals surface area contributed by atoms with Gasteiger partial charge in [0.25, 0.3) is 0 Å². The normalized spacial score (nSPS) is 14.9. The topological polar surface area (TPSA) is 108 Å². The number of imidazole rings is 1. The van der Waals surface area contributed by atoms with Crippen molar-refractivity contribution in [1.29, 1.82) is 0 Å². The summed E-state index contributed by atoms with van der Waals surface area (Å²) in [6.45, 7) is 11.3. The number of carbonyl (C=O) groups is 1. The van der Waals surface area contributed by atoms with Crippen LogP contribution in [0.5, 0.6) is 5.75 Å². The van der Waals surface area contributed by atoms with Crippen LogP contribution < -0.4 is 15.8 Å². The average Bonchev–Trinajstić information content (AvgIpc) is 3.17. The van der Waals surface area contributed by atoms with Crippen LogP contribution in [0.15, 0.2) is 18.2 Å². The number of hydrogen-bond donors (Lipinski definition) is 2. The Labute approximate surface area is 200 Å². The quantitative estimate of drug-likeness (QED) is 0.516. The minimum absolute atomic E-state index is 0.00254. The molecule has 0 spiro atoms. The van der Waals surface area contributed by atoms with Crippen LogP contribution in [0.25, 0.3) is 21.9 Å². The van der Waals surface area contributed by atoms with Gasteiger partial charge >= 0.3 is 6.03 Å². The SMILES string of the molecule is CCCn1c(COCC)nc2c(N)nc3ccc(OC4CCN(C(=O)NC(C)C)CC4)cc3c21. The van der Waals surface area contributed by atoms with E-state index in [0.29, 0.717) is 37.6 Å². The van der Waals surface area contributed by atoms with Crippen molar-refractivity contribution in [1.82, 2.24) is 24.8 Å². The second kappa shape index (κ2) is 10.5. The summed E-state index contributed by atoms with van der Waals surface area (Å²) in [5.41, 5.74) is 8.79. The number of nitrogens with zero attached hydrogens (tertiary/aromatic N) is 4. The lowest BCUT2D eigenvalue weighted by Crippen LogP contribution is -2.48. The van der Waals surface area contributed by atoms with Crippen molar-refractivity contribution >= 4 is 33.8 Å². The van der Waals surface area contributed by atoms with Gasteiger partial charge in [0.05, 0.1) is 11.0 Å². The number of aryl methyl sites for hydroxylation is 1. The summed E-state index contributed by atoms with van der Waals surface area (Å²) >= 11 is 0. The number of nitrogens with two attached hydrogens (primary N) is 1. The first-order chi connectivity index (χ1) is 16.4. The Hall–Kier alpha value is -3.07. The lowest BCUT2D eigenvalue weighted by atomic mass is 10.1. The predicted octanol–water partition coefficient (Wildman–Crippen LogP) is 4.07. The highest BCUT2D eigenvalue weighted by Crippen LogP contribution is 2.32. The van der Waals surface area contributed by atoms with Crippen LogP contribution in [-0.2, 0) is 17.9 Å². The van der Waals surface area contributed by atoms with Gasteiger partial charge in [-0.15, -0.1) is 0 Å². The number of ether oxygens (including phenoxy) is 2. The number of rotatable bonds is 8. The minimum Gasteiger partial charge on any atom is -0.490 e. The van der Waals surface area contributed by atoms with E-state index in [2.05, 4.69) is 21.8 Å². The van der Waals surface area contributed by atoms with Crippen LogP contribution in [0.2, 0.25) is 0 Å². The van der Waals surface area contributed by atoms with E-state index < -0.39 is 0 Å².